The number of aryl methyl sites for hydroxylation is 1. The molecule has 0 fully saturated rings. The molecule has 1 aromatic heterocycles. The third-order valence-electron chi connectivity index (χ3n) is 2.11. The van der Waals surface area contributed by atoms with Gasteiger partial charge in [0.1, 0.15) is 6.33 Å². The number of rotatable bonds is 2. The van der Waals surface area contributed by atoms with Gasteiger partial charge in [-0.15, -0.1) is 0 Å². The molecule has 0 aliphatic carbocycles. The molecule has 0 spiro atoms. The van der Waals surface area contributed by atoms with Gasteiger partial charge in [0.2, 0.25) is 0 Å². The van der Waals surface area contributed by atoms with E-state index in [0.717, 1.165) is 24.1 Å². The molecule has 0 amide bonds. The molecule has 94 valence electrons. The van der Waals surface area contributed by atoms with Crippen LogP contribution in [-0.4, -0.2) is 9.97 Å². The van der Waals surface area contributed by atoms with Crippen molar-refractivity contribution in [3.63, 3.8) is 0 Å². The summed E-state index contributed by atoms with van der Waals surface area (Å²) in [6.45, 7) is 10.2. The first-order valence-electron chi connectivity index (χ1n) is 6.60. The highest BCUT2D eigenvalue weighted by Gasteiger charge is 2.00. The van der Waals surface area contributed by atoms with Gasteiger partial charge in [-0.25, -0.2) is 9.97 Å². The largest absolute Gasteiger partial charge is 0.241 e. The summed E-state index contributed by atoms with van der Waals surface area (Å²) in [5, 5.41) is 1.19. The van der Waals surface area contributed by atoms with Gasteiger partial charge in [0, 0.05) is 5.39 Å². The zero-order chi connectivity index (χ0) is 13.1. The predicted molar refractivity (Wildman–Crippen MR) is 76.2 cm³/mol. The molecule has 0 radical (unpaired) electrons. The molecule has 0 N–H and O–H groups in total. The van der Waals surface area contributed by atoms with Crippen molar-refractivity contribution in [1.29, 1.82) is 0 Å². The van der Waals surface area contributed by atoms with Gasteiger partial charge < -0.3 is 0 Å². The minimum absolute atomic E-state index is 1.03. The Morgan fingerprint density at radius 2 is 1.59 bits per heavy atom. The zero-order valence-electron chi connectivity index (χ0n) is 11.7. The van der Waals surface area contributed by atoms with E-state index in [1.807, 2.05) is 45.9 Å². The molecule has 0 aliphatic heterocycles. The molecule has 2 nitrogen and oxygen atoms in total. The topological polar surface area (TPSA) is 25.8 Å². The lowest BCUT2D eigenvalue weighted by molar-refractivity contribution is 0.886. The van der Waals surface area contributed by atoms with Gasteiger partial charge in [0.15, 0.2) is 0 Å². The lowest BCUT2D eigenvalue weighted by Gasteiger charge is -2.01. The summed E-state index contributed by atoms with van der Waals surface area (Å²) in [4.78, 5) is 8.50. The van der Waals surface area contributed by atoms with Crippen LogP contribution < -0.4 is 0 Å². The number of hydrogen-bond acceptors (Lipinski definition) is 2. The summed E-state index contributed by atoms with van der Waals surface area (Å²) in [5.74, 6) is 0. The summed E-state index contributed by atoms with van der Waals surface area (Å²) in [6.07, 6.45) is 3.80. The molecular formula is C15H24N2. The summed E-state index contributed by atoms with van der Waals surface area (Å²) in [6, 6.07) is 8.15. The van der Waals surface area contributed by atoms with E-state index in [2.05, 4.69) is 23.0 Å². The molecule has 1 aromatic carbocycles. The predicted octanol–water partition coefficient (Wildman–Crippen LogP) is 4.63. The van der Waals surface area contributed by atoms with E-state index in [4.69, 9.17) is 0 Å². The van der Waals surface area contributed by atoms with Crippen LogP contribution >= 0.6 is 0 Å². The van der Waals surface area contributed by atoms with Crippen molar-refractivity contribution in [2.24, 2.45) is 0 Å². The Kier molecular flexibility index (Phi) is 8.94. The van der Waals surface area contributed by atoms with E-state index < -0.39 is 0 Å². The molecular weight excluding hydrogens is 208 g/mol. The molecule has 2 aromatic rings. The molecule has 0 saturated carbocycles. The third kappa shape index (κ3) is 4.51. The maximum atomic E-state index is 4.29. The Labute approximate surface area is 105 Å². The maximum Gasteiger partial charge on any atom is 0.116 e. The lowest BCUT2D eigenvalue weighted by atomic mass is 10.1. The first kappa shape index (κ1) is 15.6. The third-order valence-corrected chi connectivity index (χ3v) is 2.11. The van der Waals surface area contributed by atoms with Crippen molar-refractivity contribution in [3.8, 4) is 0 Å². The van der Waals surface area contributed by atoms with Crippen LogP contribution in [0.15, 0.2) is 30.6 Å². The van der Waals surface area contributed by atoms with Crippen LogP contribution in [0.3, 0.4) is 0 Å². The van der Waals surface area contributed by atoms with Crippen LogP contribution in [0.25, 0.3) is 10.9 Å². The molecule has 0 bridgehead atoms. The molecule has 2 heteroatoms. The van der Waals surface area contributed by atoms with Crippen LogP contribution in [0, 0.1) is 0 Å². The number of fused-ring (bicyclic) bond motifs is 1. The molecule has 0 atom stereocenters. The van der Waals surface area contributed by atoms with E-state index in [9.17, 15) is 0 Å². The normalized spacial score (nSPS) is 8.76. The fourth-order valence-electron chi connectivity index (χ4n) is 1.50. The van der Waals surface area contributed by atoms with E-state index in [1.54, 1.807) is 6.33 Å². The highest BCUT2D eigenvalue weighted by Crippen LogP contribution is 2.14. The van der Waals surface area contributed by atoms with Gasteiger partial charge in [-0.2, -0.15) is 0 Å². The minimum Gasteiger partial charge on any atom is -0.241 e. The molecule has 17 heavy (non-hydrogen) atoms. The van der Waals surface area contributed by atoms with E-state index in [0.29, 0.717) is 0 Å². The van der Waals surface area contributed by atoms with Gasteiger partial charge in [-0.05, 0) is 12.5 Å². The van der Waals surface area contributed by atoms with Gasteiger partial charge >= 0.3 is 0 Å². The number of benzene rings is 1. The van der Waals surface area contributed by atoms with Crippen LogP contribution in [0.4, 0.5) is 0 Å². The quantitative estimate of drug-likeness (QED) is 0.754. The second kappa shape index (κ2) is 9.76. The Morgan fingerprint density at radius 1 is 0.941 bits per heavy atom. The smallest absolute Gasteiger partial charge is 0.116 e. The van der Waals surface area contributed by atoms with Gasteiger partial charge in [-0.3, -0.25) is 0 Å². The lowest BCUT2D eigenvalue weighted by Crippen LogP contribution is -1.92. The number of para-hydroxylation sites is 1. The van der Waals surface area contributed by atoms with Gasteiger partial charge in [0.25, 0.3) is 0 Å². The molecule has 0 aliphatic rings. The van der Waals surface area contributed by atoms with E-state index in [1.165, 1.54) is 5.39 Å². The van der Waals surface area contributed by atoms with E-state index >= 15 is 0 Å². The van der Waals surface area contributed by atoms with E-state index in [-0.39, 0.29) is 0 Å². The zero-order valence-corrected chi connectivity index (χ0v) is 11.7. The summed E-state index contributed by atoms with van der Waals surface area (Å²) in [7, 11) is 0. The fraction of sp³-hybridized carbons (Fsp3) is 0.467. The fourth-order valence-corrected chi connectivity index (χ4v) is 1.50. The average Bonchev–Trinajstić information content (AvgIpc) is 2.44. The highest BCUT2D eigenvalue weighted by atomic mass is 14.8. The first-order valence-corrected chi connectivity index (χ1v) is 6.60. The van der Waals surface area contributed by atoms with Crippen LogP contribution in [0.1, 0.15) is 46.7 Å². The molecule has 2 rings (SSSR count). The van der Waals surface area contributed by atoms with Gasteiger partial charge in [0.05, 0.1) is 11.2 Å². The number of aromatic nitrogens is 2. The minimum atomic E-state index is 1.03. The average molecular weight is 232 g/mol. The van der Waals surface area contributed by atoms with Crippen molar-refractivity contribution >= 4 is 10.9 Å². The molecule has 0 unspecified atom stereocenters. The standard InChI is InChI=1S/C11H12N2.2C2H6/c1-2-5-10-9-6-3-4-7-11(9)13-8-12-10;2*1-2/h3-4,6-8H,2,5H2,1H3;2*1-2H3. The van der Waals surface area contributed by atoms with Crippen molar-refractivity contribution < 1.29 is 0 Å². The van der Waals surface area contributed by atoms with Crippen molar-refractivity contribution in [2.45, 2.75) is 47.5 Å². The van der Waals surface area contributed by atoms with Crippen LogP contribution in [0.2, 0.25) is 0 Å². The summed E-state index contributed by atoms with van der Waals surface area (Å²) < 4.78 is 0. The Balaban J connectivity index is 0.000000581. The monoisotopic (exact) mass is 232 g/mol. The van der Waals surface area contributed by atoms with Crippen LogP contribution in [-0.2, 0) is 6.42 Å². The maximum absolute atomic E-state index is 4.29. The molecule has 0 saturated heterocycles. The second-order valence-electron chi connectivity index (χ2n) is 3.09. The molecule has 1 heterocycles. The Bertz CT molecular complexity index is 405. The van der Waals surface area contributed by atoms with Crippen LogP contribution in [0.5, 0.6) is 0 Å². The van der Waals surface area contributed by atoms with Crippen molar-refractivity contribution in [1.82, 2.24) is 9.97 Å². The highest BCUT2D eigenvalue weighted by molar-refractivity contribution is 5.80. The number of hydrogen-bond donors (Lipinski definition) is 0. The second-order valence-corrected chi connectivity index (χ2v) is 3.09. The Morgan fingerprint density at radius 3 is 2.24 bits per heavy atom. The number of nitrogens with zero attached hydrogens (tertiary/aromatic N) is 2. The van der Waals surface area contributed by atoms with Crippen molar-refractivity contribution in [2.75, 3.05) is 0 Å². The SMILES string of the molecule is CC.CC.CCCc1ncnc2ccccc12. The first-order chi connectivity index (χ1) is 8.42. The summed E-state index contributed by atoms with van der Waals surface area (Å²) >= 11 is 0. The Hall–Kier alpha value is -1.44. The summed E-state index contributed by atoms with van der Waals surface area (Å²) in [5.41, 5.74) is 2.20. The van der Waals surface area contributed by atoms with Gasteiger partial charge in [-0.1, -0.05) is 59.2 Å². The van der Waals surface area contributed by atoms with Crippen molar-refractivity contribution in [3.05, 3.63) is 36.3 Å².